The lowest BCUT2D eigenvalue weighted by molar-refractivity contribution is -0.136. The van der Waals surface area contributed by atoms with Gasteiger partial charge in [0.1, 0.15) is 23.7 Å². The molecule has 0 atom stereocenters. The SMILES string of the molecule is CCCc1cc2c(C(F)(F)F)cc(=O)oc2c(CCC)c1OCCCN1C(=O)CN(c2ccccn2)C1=O. The van der Waals surface area contributed by atoms with E-state index in [0.717, 1.165) is 4.90 Å². The summed E-state index contributed by atoms with van der Waals surface area (Å²) >= 11 is 0. The van der Waals surface area contributed by atoms with Gasteiger partial charge >= 0.3 is 17.8 Å². The van der Waals surface area contributed by atoms with Crippen LogP contribution in [0.1, 0.15) is 49.8 Å². The van der Waals surface area contributed by atoms with Crippen LogP contribution in [0.4, 0.5) is 23.8 Å². The molecule has 38 heavy (non-hydrogen) atoms. The number of carbonyl (C=O) groups excluding carboxylic acids is 2. The van der Waals surface area contributed by atoms with Gasteiger partial charge in [-0.1, -0.05) is 32.8 Å². The van der Waals surface area contributed by atoms with Gasteiger partial charge in [0.15, 0.2) is 0 Å². The first-order chi connectivity index (χ1) is 18.2. The van der Waals surface area contributed by atoms with Crippen LogP contribution in [-0.4, -0.2) is 41.5 Å². The number of aryl methyl sites for hydroxylation is 2. The fourth-order valence-electron chi connectivity index (χ4n) is 4.60. The number of urea groups is 1. The lowest BCUT2D eigenvalue weighted by Gasteiger charge is -2.20. The van der Waals surface area contributed by atoms with Gasteiger partial charge in [-0.3, -0.25) is 14.6 Å². The number of alkyl halides is 3. The maximum Gasteiger partial charge on any atom is 0.417 e. The number of amides is 3. The van der Waals surface area contributed by atoms with Crippen LogP contribution in [0.25, 0.3) is 11.0 Å². The molecule has 1 saturated heterocycles. The third-order valence-corrected chi connectivity index (χ3v) is 6.24. The number of rotatable bonds is 10. The first-order valence-electron chi connectivity index (χ1n) is 12.5. The number of anilines is 1. The largest absolute Gasteiger partial charge is 0.493 e. The van der Waals surface area contributed by atoms with E-state index >= 15 is 0 Å². The third-order valence-electron chi connectivity index (χ3n) is 6.24. The zero-order valence-corrected chi connectivity index (χ0v) is 21.1. The van der Waals surface area contributed by atoms with Gasteiger partial charge in [0.2, 0.25) is 0 Å². The first-order valence-corrected chi connectivity index (χ1v) is 12.5. The lowest BCUT2D eigenvalue weighted by Crippen LogP contribution is -2.34. The van der Waals surface area contributed by atoms with Crippen molar-refractivity contribution >= 4 is 28.7 Å². The molecule has 0 bridgehead atoms. The molecule has 2 aromatic heterocycles. The van der Waals surface area contributed by atoms with Crippen LogP contribution in [0.5, 0.6) is 5.75 Å². The lowest BCUT2D eigenvalue weighted by atomic mass is 9.96. The quantitative estimate of drug-likeness (QED) is 0.199. The van der Waals surface area contributed by atoms with Crippen LogP contribution in [0.15, 0.2) is 45.7 Å². The van der Waals surface area contributed by atoms with E-state index in [1.807, 2.05) is 13.8 Å². The van der Waals surface area contributed by atoms with E-state index in [4.69, 9.17) is 9.15 Å². The second kappa shape index (κ2) is 11.2. The normalized spacial score (nSPS) is 14.1. The molecule has 3 aromatic rings. The number of hydrogen-bond acceptors (Lipinski definition) is 6. The molecule has 0 N–H and O–H groups in total. The van der Waals surface area contributed by atoms with Gasteiger partial charge in [0.25, 0.3) is 5.91 Å². The van der Waals surface area contributed by atoms with E-state index < -0.39 is 23.4 Å². The summed E-state index contributed by atoms with van der Waals surface area (Å²) in [5.74, 6) is 0.415. The fourth-order valence-corrected chi connectivity index (χ4v) is 4.60. The first kappa shape index (κ1) is 27.2. The molecule has 3 heterocycles. The second-order valence-electron chi connectivity index (χ2n) is 9.00. The summed E-state index contributed by atoms with van der Waals surface area (Å²) in [6.45, 7) is 3.87. The second-order valence-corrected chi connectivity index (χ2v) is 9.00. The maximum absolute atomic E-state index is 13.8. The molecule has 1 fully saturated rings. The van der Waals surface area contributed by atoms with Crippen LogP contribution < -0.4 is 15.3 Å². The summed E-state index contributed by atoms with van der Waals surface area (Å²) in [7, 11) is 0. The Kier molecular flexibility index (Phi) is 8.03. The standard InChI is InChI=1S/C27H28F3N3O5/c1-3-8-17-14-19-20(27(28,29)30)15-23(35)38-25(19)18(9-4-2)24(17)37-13-7-12-32-22(34)16-33(26(32)36)21-10-5-6-11-31-21/h5-6,10-11,14-15H,3-4,7-9,12-13,16H2,1-2H3. The van der Waals surface area contributed by atoms with Crippen LogP contribution in [0, 0.1) is 0 Å². The van der Waals surface area contributed by atoms with E-state index in [-0.39, 0.29) is 36.6 Å². The highest BCUT2D eigenvalue weighted by Crippen LogP contribution is 2.40. The van der Waals surface area contributed by atoms with Crippen molar-refractivity contribution in [2.24, 2.45) is 0 Å². The van der Waals surface area contributed by atoms with Gasteiger partial charge in [0.05, 0.1) is 12.2 Å². The Balaban J connectivity index is 1.57. The molecule has 8 nitrogen and oxygen atoms in total. The number of hydrogen-bond donors (Lipinski definition) is 0. The Bertz CT molecular complexity index is 1390. The number of benzene rings is 1. The maximum atomic E-state index is 13.8. The minimum Gasteiger partial charge on any atom is -0.493 e. The summed E-state index contributed by atoms with van der Waals surface area (Å²) in [4.78, 5) is 43.8. The highest BCUT2D eigenvalue weighted by molar-refractivity contribution is 6.11. The molecule has 1 aromatic carbocycles. The topological polar surface area (TPSA) is 92.9 Å². The number of pyridine rings is 1. The molecule has 0 unspecified atom stereocenters. The van der Waals surface area contributed by atoms with Crippen LogP contribution in [0.3, 0.4) is 0 Å². The molecule has 1 aliphatic heterocycles. The van der Waals surface area contributed by atoms with Crippen molar-refractivity contribution in [3.63, 3.8) is 0 Å². The van der Waals surface area contributed by atoms with Gasteiger partial charge in [0, 0.05) is 29.8 Å². The van der Waals surface area contributed by atoms with Gasteiger partial charge < -0.3 is 9.15 Å². The molecule has 11 heteroatoms. The predicted octanol–water partition coefficient (Wildman–Crippen LogP) is 5.35. The van der Waals surface area contributed by atoms with Crippen LogP contribution in [-0.2, 0) is 23.8 Å². The van der Waals surface area contributed by atoms with Crippen molar-refractivity contribution in [1.29, 1.82) is 0 Å². The predicted molar refractivity (Wildman–Crippen MR) is 134 cm³/mol. The van der Waals surface area contributed by atoms with E-state index in [2.05, 4.69) is 4.98 Å². The Hall–Kier alpha value is -3.89. The molecule has 0 spiro atoms. The zero-order chi connectivity index (χ0) is 27.4. The van der Waals surface area contributed by atoms with E-state index in [0.29, 0.717) is 60.9 Å². The van der Waals surface area contributed by atoms with Crippen molar-refractivity contribution in [1.82, 2.24) is 9.88 Å². The van der Waals surface area contributed by atoms with E-state index in [9.17, 15) is 27.6 Å². The average molecular weight is 532 g/mol. The Morgan fingerprint density at radius 1 is 1.08 bits per heavy atom. The number of halogens is 3. The third kappa shape index (κ3) is 5.51. The fraction of sp³-hybridized carbons (Fsp3) is 0.407. The molecule has 1 aliphatic rings. The minimum atomic E-state index is -4.72. The monoisotopic (exact) mass is 531 g/mol. The summed E-state index contributed by atoms with van der Waals surface area (Å²) in [5, 5.41) is -0.167. The molecule has 3 amide bonds. The summed E-state index contributed by atoms with van der Waals surface area (Å²) < 4.78 is 52.6. The minimum absolute atomic E-state index is 0.1000. The number of nitrogens with zero attached hydrogens (tertiary/aromatic N) is 3. The average Bonchev–Trinajstić information content (AvgIpc) is 3.16. The number of ether oxygens (including phenoxy) is 1. The molecular weight excluding hydrogens is 503 g/mol. The molecular formula is C27H28F3N3O5. The van der Waals surface area contributed by atoms with Crippen molar-refractivity contribution < 1.29 is 31.9 Å². The molecule has 0 saturated carbocycles. The summed E-state index contributed by atoms with van der Waals surface area (Å²) in [5.41, 5.74) is -1.26. The Morgan fingerprint density at radius 3 is 2.50 bits per heavy atom. The van der Waals surface area contributed by atoms with E-state index in [1.54, 1.807) is 18.2 Å². The van der Waals surface area contributed by atoms with Gasteiger partial charge in [-0.15, -0.1) is 0 Å². The molecule has 0 radical (unpaired) electrons. The number of fused-ring (bicyclic) bond motifs is 1. The molecule has 4 rings (SSSR count). The van der Waals surface area contributed by atoms with Crippen LogP contribution >= 0.6 is 0 Å². The smallest absolute Gasteiger partial charge is 0.417 e. The number of imide groups is 1. The number of aromatic nitrogens is 1. The van der Waals surface area contributed by atoms with Crippen molar-refractivity contribution in [2.75, 3.05) is 24.6 Å². The highest BCUT2D eigenvalue weighted by Gasteiger charge is 2.37. The molecule has 202 valence electrons. The van der Waals surface area contributed by atoms with Gasteiger partial charge in [-0.2, -0.15) is 13.2 Å². The van der Waals surface area contributed by atoms with Crippen molar-refractivity contribution in [2.45, 2.75) is 52.1 Å². The number of carbonyl (C=O) groups is 2. The van der Waals surface area contributed by atoms with Crippen LogP contribution in [0.2, 0.25) is 0 Å². The summed E-state index contributed by atoms with van der Waals surface area (Å²) in [6, 6.07) is 6.47. The Morgan fingerprint density at radius 2 is 1.84 bits per heavy atom. The Labute approximate surface area is 217 Å². The van der Waals surface area contributed by atoms with Gasteiger partial charge in [-0.05, 0) is 43.0 Å². The van der Waals surface area contributed by atoms with Crippen molar-refractivity contribution in [3.05, 3.63) is 63.6 Å². The summed E-state index contributed by atoms with van der Waals surface area (Å²) in [6.07, 6.45) is -0.839. The molecule has 0 aliphatic carbocycles. The zero-order valence-electron chi connectivity index (χ0n) is 21.1. The van der Waals surface area contributed by atoms with Gasteiger partial charge in [-0.25, -0.2) is 14.6 Å². The van der Waals surface area contributed by atoms with E-state index in [1.165, 1.54) is 17.2 Å². The highest BCUT2D eigenvalue weighted by atomic mass is 19.4. The van der Waals surface area contributed by atoms with Crippen molar-refractivity contribution in [3.8, 4) is 5.75 Å².